The molecule has 2 amide bonds. The van der Waals surface area contributed by atoms with E-state index < -0.39 is 5.82 Å². The summed E-state index contributed by atoms with van der Waals surface area (Å²) in [5.74, 6) is -0.807. The third-order valence-electron chi connectivity index (χ3n) is 2.70. The molecule has 0 bridgehead atoms. The van der Waals surface area contributed by atoms with E-state index >= 15 is 0 Å². The highest BCUT2D eigenvalue weighted by molar-refractivity contribution is 9.10. The van der Waals surface area contributed by atoms with Gasteiger partial charge in [-0.25, -0.2) is 9.29 Å². The molecule has 0 radical (unpaired) electrons. The molecule has 1 aliphatic rings. The van der Waals surface area contributed by atoms with Crippen molar-refractivity contribution in [2.24, 2.45) is 5.92 Å². The van der Waals surface area contributed by atoms with Crippen molar-refractivity contribution in [3.63, 3.8) is 0 Å². The molecule has 3 nitrogen and oxygen atoms in total. The van der Waals surface area contributed by atoms with Crippen LogP contribution in [0.4, 0.5) is 10.1 Å². The van der Waals surface area contributed by atoms with E-state index in [1.54, 1.807) is 0 Å². The van der Waals surface area contributed by atoms with Crippen molar-refractivity contribution in [1.82, 2.24) is 0 Å². The third kappa shape index (κ3) is 2.39. The normalized spacial score (nSPS) is 17.7. The van der Waals surface area contributed by atoms with E-state index in [9.17, 15) is 14.0 Å². The van der Waals surface area contributed by atoms with Crippen LogP contribution in [0.15, 0.2) is 22.7 Å². The number of hydrogen-bond donors (Lipinski definition) is 0. The van der Waals surface area contributed by atoms with Gasteiger partial charge in [0.1, 0.15) is 5.82 Å². The topological polar surface area (TPSA) is 37.4 Å². The fraction of sp³-hybridized carbons (Fsp3) is 0.333. The highest BCUT2D eigenvalue weighted by Gasteiger charge is 2.32. The summed E-state index contributed by atoms with van der Waals surface area (Å²) in [6, 6.07) is 3.91. The van der Waals surface area contributed by atoms with E-state index in [1.165, 1.54) is 18.2 Å². The SMILES string of the molecule is CC1CC(=O)N(c2ccc(F)cc2Br)C(=O)C1. The fourth-order valence-corrected chi connectivity index (χ4v) is 2.45. The Morgan fingerprint density at radius 3 is 2.41 bits per heavy atom. The maximum absolute atomic E-state index is 13.0. The average molecular weight is 300 g/mol. The van der Waals surface area contributed by atoms with Crippen molar-refractivity contribution in [2.75, 3.05) is 4.90 Å². The smallest absolute Gasteiger partial charge is 0.234 e. The number of amides is 2. The number of imide groups is 1. The van der Waals surface area contributed by atoms with Gasteiger partial charge in [0.05, 0.1) is 5.69 Å². The lowest BCUT2D eigenvalue weighted by Gasteiger charge is -2.28. The van der Waals surface area contributed by atoms with Gasteiger partial charge in [0.2, 0.25) is 11.8 Å². The molecular formula is C12H11BrFNO2. The molecule has 1 saturated heterocycles. The molecule has 0 saturated carbocycles. The summed E-state index contributed by atoms with van der Waals surface area (Å²) in [5.41, 5.74) is 0.410. The Labute approximate surface area is 107 Å². The minimum atomic E-state index is -0.411. The molecule has 0 aromatic heterocycles. The second kappa shape index (κ2) is 4.56. The van der Waals surface area contributed by atoms with Crippen LogP contribution in [-0.4, -0.2) is 11.8 Å². The highest BCUT2D eigenvalue weighted by Crippen LogP contribution is 2.31. The van der Waals surface area contributed by atoms with Gasteiger partial charge in [-0.15, -0.1) is 0 Å². The number of rotatable bonds is 1. The Bertz CT molecular complexity index is 471. The summed E-state index contributed by atoms with van der Waals surface area (Å²) in [7, 11) is 0. The zero-order chi connectivity index (χ0) is 12.6. The Morgan fingerprint density at radius 1 is 1.29 bits per heavy atom. The number of nitrogens with zero attached hydrogens (tertiary/aromatic N) is 1. The van der Waals surface area contributed by atoms with E-state index in [2.05, 4.69) is 15.9 Å². The molecule has 1 aromatic rings. The minimum Gasteiger partial charge on any atom is -0.274 e. The number of carbonyl (C=O) groups excluding carboxylic acids is 2. The van der Waals surface area contributed by atoms with Gasteiger partial charge in [-0.2, -0.15) is 0 Å². The molecule has 0 aliphatic carbocycles. The van der Waals surface area contributed by atoms with Crippen LogP contribution in [0.5, 0.6) is 0 Å². The summed E-state index contributed by atoms with van der Waals surface area (Å²) in [4.78, 5) is 24.8. The van der Waals surface area contributed by atoms with Crippen molar-refractivity contribution in [3.8, 4) is 0 Å². The van der Waals surface area contributed by atoms with E-state index in [4.69, 9.17) is 0 Å². The standard InChI is InChI=1S/C12H11BrFNO2/c1-7-4-11(16)15(12(17)5-7)10-3-2-8(14)6-9(10)13/h2-3,6-7H,4-5H2,1H3. The van der Waals surface area contributed by atoms with Crippen molar-refractivity contribution in [3.05, 3.63) is 28.5 Å². The number of halogens is 2. The molecule has 90 valence electrons. The predicted molar refractivity (Wildman–Crippen MR) is 65.0 cm³/mol. The Morgan fingerprint density at radius 2 is 1.88 bits per heavy atom. The van der Waals surface area contributed by atoms with Crippen LogP contribution in [0.25, 0.3) is 0 Å². The predicted octanol–water partition coefficient (Wildman–Crippen LogP) is 2.88. The van der Waals surface area contributed by atoms with Gasteiger partial charge >= 0.3 is 0 Å². The minimum absolute atomic E-state index is 0.0745. The van der Waals surface area contributed by atoms with Gasteiger partial charge in [0.15, 0.2) is 0 Å². The first-order chi connectivity index (χ1) is 7.99. The van der Waals surface area contributed by atoms with E-state index in [-0.39, 0.29) is 17.7 Å². The van der Waals surface area contributed by atoms with Crippen LogP contribution in [-0.2, 0) is 9.59 Å². The lowest BCUT2D eigenvalue weighted by Crippen LogP contribution is -2.43. The molecule has 0 spiro atoms. The van der Waals surface area contributed by atoms with Gasteiger partial charge in [-0.1, -0.05) is 6.92 Å². The van der Waals surface area contributed by atoms with Crippen LogP contribution >= 0.6 is 15.9 Å². The Kier molecular flexibility index (Phi) is 3.28. The Balaban J connectivity index is 2.38. The maximum Gasteiger partial charge on any atom is 0.234 e. The van der Waals surface area contributed by atoms with Crippen molar-refractivity contribution in [1.29, 1.82) is 0 Å². The third-order valence-corrected chi connectivity index (χ3v) is 3.33. The molecule has 17 heavy (non-hydrogen) atoms. The molecule has 1 fully saturated rings. The molecule has 1 heterocycles. The molecule has 0 N–H and O–H groups in total. The average Bonchev–Trinajstić information content (AvgIpc) is 2.19. The zero-order valence-corrected chi connectivity index (χ0v) is 10.8. The first-order valence-corrected chi connectivity index (χ1v) is 6.09. The largest absolute Gasteiger partial charge is 0.274 e. The summed E-state index contributed by atoms with van der Waals surface area (Å²) >= 11 is 3.17. The van der Waals surface area contributed by atoms with Gasteiger partial charge in [-0.3, -0.25) is 9.59 Å². The molecule has 2 rings (SSSR count). The monoisotopic (exact) mass is 299 g/mol. The summed E-state index contributed by atoms with van der Waals surface area (Å²) in [6.07, 6.45) is 0.686. The number of hydrogen-bond acceptors (Lipinski definition) is 2. The van der Waals surface area contributed by atoms with Crippen LogP contribution in [0.3, 0.4) is 0 Å². The van der Waals surface area contributed by atoms with E-state index in [1.807, 2.05) is 6.92 Å². The quantitative estimate of drug-likeness (QED) is 0.748. The zero-order valence-electron chi connectivity index (χ0n) is 9.24. The number of anilines is 1. The van der Waals surface area contributed by atoms with Gasteiger partial charge in [0.25, 0.3) is 0 Å². The van der Waals surface area contributed by atoms with Crippen LogP contribution < -0.4 is 4.90 Å². The van der Waals surface area contributed by atoms with Crippen LogP contribution in [0, 0.1) is 11.7 Å². The molecule has 1 aliphatic heterocycles. The van der Waals surface area contributed by atoms with E-state index in [0.29, 0.717) is 23.0 Å². The fourth-order valence-electron chi connectivity index (χ4n) is 1.92. The molecule has 0 unspecified atom stereocenters. The second-order valence-corrected chi connectivity index (χ2v) is 5.09. The van der Waals surface area contributed by atoms with Gasteiger partial charge in [-0.05, 0) is 40.0 Å². The van der Waals surface area contributed by atoms with Crippen molar-refractivity contribution in [2.45, 2.75) is 19.8 Å². The Hall–Kier alpha value is -1.23. The van der Waals surface area contributed by atoms with Crippen LogP contribution in [0.1, 0.15) is 19.8 Å². The van der Waals surface area contributed by atoms with E-state index in [0.717, 1.165) is 4.90 Å². The molecule has 5 heteroatoms. The van der Waals surface area contributed by atoms with Gasteiger partial charge < -0.3 is 0 Å². The molecular weight excluding hydrogens is 289 g/mol. The first kappa shape index (κ1) is 12.2. The van der Waals surface area contributed by atoms with Crippen LogP contribution in [0.2, 0.25) is 0 Å². The summed E-state index contributed by atoms with van der Waals surface area (Å²) in [6.45, 7) is 1.87. The summed E-state index contributed by atoms with van der Waals surface area (Å²) in [5, 5.41) is 0. The highest BCUT2D eigenvalue weighted by atomic mass is 79.9. The number of piperidine rings is 1. The lowest BCUT2D eigenvalue weighted by atomic mass is 9.97. The second-order valence-electron chi connectivity index (χ2n) is 4.23. The van der Waals surface area contributed by atoms with Crippen molar-refractivity contribution < 1.29 is 14.0 Å². The number of carbonyl (C=O) groups is 2. The molecule has 0 atom stereocenters. The summed E-state index contributed by atoms with van der Waals surface area (Å²) < 4.78 is 13.4. The molecule has 1 aromatic carbocycles. The van der Waals surface area contributed by atoms with Crippen molar-refractivity contribution >= 4 is 33.4 Å². The maximum atomic E-state index is 13.0. The lowest BCUT2D eigenvalue weighted by molar-refractivity contribution is -0.130. The van der Waals surface area contributed by atoms with Gasteiger partial charge in [0, 0.05) is 17.3 Å². The first-order valence-electron chi connectivity index (χ1n) is 5.30. The number of benzene rings is 1.